The second-order valence-electron chi connectivity index (χ2n) is 3.71. The van der Waals surface area contributed by atoms with Crippen molar-refractivity contribution in [3.63, 3.8) is 0 Å². The van der Waals surface area contributed by atoms with Crippen molar-refractivity contribution in [2.45, 2.75) is 13.3 Å². The Morgan fingerprint density at radius 1 is 1.19 bits per heavy atom. The zero-order valence-corrected chi connectivity index (χ0v) is 10.3. The van der Waals surface area contributed by atoms with Gasteiger partial charge in [-0.15, -0.1) is 0 Å². The smallest absolute Gasteiger partial charge is 0.117 e. The Bertz CT molecular complexity index is 439. The van der Waals surface area contributed by atoms with E-state index in [1.807, 2.05) is 12.1 Å². The van der Waals surface area contributed by atoms with Gasteiger partial charge in [-0.3, -0.25) is 0 Å². The van der Waals surface area contributed by atoms with E-state index in [0.29, 0.717) is 0 Å². The van der Waals surface area contributed by atoms with Gasteiger partial charge in [0.1, 0.15) is 5.00 Å². The van der Waals surface area contributed by atoms with Crippen LogP contribution in [0.25, 0.3) is 10.9 Å². The van der Waals surface area contributed by atoms with E-state index in [0.717, 1.165) is 25.2 Å². The summed E-state index contributed by atoms with van der Waals surface area (Å²) < 4.78 is 4.39. The summed E-state index contributed by atoms with van der Waals surface area (Å²) in [5.74, 6) is 0. The number of aromatic nitrogens is 1. The number of nitrogens with zero attached hydrogens (tertiary/aromatic N) is 1. The Morgan fingerprint density at radius 3 is 2.94 bits per heavy atom. The third kappa shape index (κ3) is 2.71. The lowest BCUT2D eigenvalue weighted by molar-refractivity contribution is 0.688. The van der Waals surface area contributed by atoms with Gasteiger partial charge in [0.25, 0.3) is 0 Å². The lowest BCUT2D eigenvalue weighted by Gasteiger charge is -2.04. The molecule has 1 heterocycles. The molecule has 1 aromatic carbocycles. The molecular formula is C12H17N3S. The Kier molecular flexibility index (Phi) is 4.13. The summed E-state index contributed by atoms with van der Waals surface area (Å²) in [5, 5.41) is 9.19. The molecule has 3 nitrogen and oxygen atoms in total. The second-order valence-corrected chi connectivity index (χ2v) is 4.48. The van der Waals surface area contributed by atoms with Crippen LogP contribution in [0.2, 0.25) is 0 Å². The first-order valence-corrected chi connectivity index (χ1v) is 6.48. The number of hydrogen-bond acceptors (Lipinski definition) is 4. The van der Waals surface area contributed by atoms with Gasteiger partial charge in [-0.1, -0.05) is 19.1 Å². The van der Waals surface area contributed by atoms with Gasteiger partial charge in [0.15, 0.2) is 0 Å². The van der Waals surface area contributed by atoms with Crippen LogP contribution in [0.4, 0.5) is 5.00 Å². The average molecular weight is 235 g/mol. The summed E-state index contributed by atoms with van der Waals surface area (Å²) in [4.78, 5) is 0. The van der Waals surface area contributed by atoms with Gasteiger partial charge in [0.05, 0.1) is 5.52 Å². The summed E-state index contributed by atoms with van der Waals surface area (Å²) in [5.41, 5.74) is 1.08. The Hall–Kier alpha value is -1.13. The van der Waals surface area contributed by atoms with Crippen LogP contribution in [0.3, 0.4) is 0 Å². The molecular weight excluding hydrogens is 218 g/mol. The van der Waals surface area contributed by atoms with Crippen molar-refractivity contribution < 1.29 is 0 Å². The number of anilines is 1. The third-order valence-corrected chi connectivity index (χ3v) is 3.23. The van der Waals surface area contributed by atoms with Crippen molar-refractivity contribution in [1.29, 1.82) is 0 Å². The van der Waals surface area contributed by atoms with Crippen LogP contribution < -0.4 is 10.6 Å². The highest BCUT2D eigenvalue weighted by Crippen LogP contribution is 2.26. The van der Waals surface area contributed by atoms with Crippen LogP contribution in [0.15, 0.2) is 24.3 Å². The van der Waals surface area contributed by atoms with Gasteiger partial charge >= 0.3 is 0 Å². The van der Waals surface area contributed by atoms with Gasteiger partial charge in [0, 0.05) is 18.5 Å². The minimum absolute atomic E-state index is 0.951. The molecule has 0 aliphatic rings. The van der Waals surface area contributed by atoms with Crippen LogP contribution in [-0.2, 0) is 0 Å². The van der Waals surface area contributed by atoms with E-state index < -0.39 is 0 Å². The van der Waals surface area contributed by atoms with Crippen LogP contribution in [0.5, 0.6) is 0 Å². The first kappa shape index (κ1) is 11.4. The molecule has 0 saturated heterocycles. The maximum Gasteiger partial charge on any atom is 0.117 e. The van der Waals surface area contributed by atoms with Crippen molar-refractivity contribution in [3.8, 4) is 0 Å². The van der Waals surface area contributed by atoms with Crippen LogP contribution in [0, 0.1) is 0 Å². The molecule has 0 unspecified atom stereocenters. The van der Waals surface area contributed by atoms with E-state index in [9.17, 15) is 0 Å². The first-order chi connectivity index (χ1) is 7.92. The van der Waals surface area contributed by atoms with E-state index in [2.05, 4.69) is 34.1 Å². The third-order valence-electron chi connectivity index (χ3n) is 2.40. The SMILES string of the molecule is CCCNCCNc1snc2ccccc12. The van der Waals surface area contributed by atoms with Crippen LogP contribution in [-0.4, -0.2) is 24.0 Å². The van der Waals surface area contributed by atoms with Crippen molar-refractivity contribution in [1.82, 2.24) is 9.69 Å². The highest BCUT2D eigenvalue weighted by Gasteiger charge is 2.03. The Balaban J connectivity index is 1.89. The lowest BCUT2D eigenvalue weighted by atomic mass is 10.2. The monoisotopic (exact) mass is 235 g/mol. The van der Waals surface area contributed by atoms with Crippen molar-refractivity contribution in [3.05, 3.63) is 24.3 Å². The summed E-state index contributed by atoms with van der Waals surface area (Å²) in [6.07, 6.45) is 1.18. The maximum absolute atomic E-state index is 4.39. The molecule has 2 rings (SSSR count). The van der Waals surface area contributed by atoms with Crippen molar-refractivity contribution >= 4 is 27.4 Å². The van der Waals surface area contributed by atoms with Gasteiger partial charge in [-0.05, 0) is 36.6 Å². The number of fused-ring (bicyclic) bond motifs is 1. The zero-order chi connectivity index (χ0) is 11.2. The first-order valence-electron chi connectivity index (χ1n) is 5.71. The molecule has 86 valence electrons. The molecule has 2 aromatic rings. The molecule has 0 amide bonds. The average Bonchev–Trinajstić information content (AvgIpc) is 2.73. The van der Waals surface area contributed by atoms with E-state index >= 15 is 0 Å². The van der Waals surface area contributed by atoms with E-state index in [-0.39, 0.29) is 0 Å². The highest BCUT2D eigenvalue weighted by atomic mass is 32.1. The number of hydrogen-bond donors (Lipinski definition) is 2. The molecule has 0 saturated carbocycles. The molecule has 0 aliphatic carbocycles. The summed E-state index contributed by atoms with van der Waals surface area (Å²) in [6, 6.07) is 8.23. The Morgan fingerprint density at radius 2 is 2.06 bits per heavy atom. The van der Waals surface area contributed by atoms with Gasteiger partial charge in [0.2, 0.25) is 0 Å². The maximum atomic E-state index is 4.39. The topological polar surface area (TPSA) is 37.0 Å². The number of benzene rings is 1. The highest BCUT2D eigenvalue weighted by molar-refractivity contribution is 7.11. The van der Waals surface area contributed by atoms with E-state index in [4.69, 9.17) is 0 Å². The molecule has 0 fully saturated rings. The molecule has 0 spiro atoms. The fourth-order valence-corrected chi connectivity index (χ4v) is 2.37. The standard InChI is InChI=1S/C12H17N3S/c1-2-7-13-8-9-14-12-10-5-3-4-6-11(10)15-16-12/h3-6,13-14H,2,7-9H2,1H3. The number of nitrogens with one attached hydrogen (secondary N) is 2. The lowest BCUT2D eigenvalue weighted by Crippen LogP contribution is -2.22. The molecule has 0 radical (unpaired) electrons. The molecule has 16 heavy (non-hydrogen) atoms. The fraction of sp³-hybridized carbons (Fsp3) is 0.417. The minimum atomic E-state index is 0.951. The largest absolute Gasteiger partial charge is 0.374 e. The normalized spacial score (nSPS) is 10.8. The van der Waals surface area contributed by atoms with Gasteiger partial charge in [-0.2, -0.15) is 4.37 Å². The zero-order valence-electron chi connectivity index (χ0n) is 9.49. The molecule has 0 atom stereocenters. The minimum Gasteiger partial charge on any atom is -0.374 e. The van der Waals surface area contributed by atoms with Crippen LogP contribution >= 0.6 is 11.5 Å². The Labute approximate surface area is 100 Å². The molecule has 1 aromatic heterocycles. The van der Waals surface area contributed by atoms with Crippen molar-refractivity contribution in [2.24, 2.45) is 0 Å². The summed E-state index contributed by atoms with van der Waals surface area (Å²) in [7, 11) is 0. The summed E-state index contributed by atoms with van der Waals surface area (Å²) in [6.45, 7) is 5.22. The predicted octanol–water partition coefficient (Wildman–Crippen LogP) is 2.71. The molecule has 4 heteroatoms. The fourth-order valence-electron chi connectivity index (χ4n) is 1.58. The quantitative estimate of drug-likeness (QED) is 0.756. The van der Waals surface area contributed by atoms with Crippen LogP contribution in [0.1, 0.15) is 13.3 Å². The van der Waals surface area contributed by atoms with E-state index in [1.165, 1.54) is 28.3 Å². The second kappa shape index (κ2) is 5.82. The number of rotatable bonds is 6. The summed E-state index contributed by atoms with van der Waals surface area (Å²) >= 11 is 1.54. The van der Waals surface area contributed by atoms with Crippen molar-refractivity contribution in [2.75, 3.05) is 25.0 Å². The molecule has 0 bridgehead atoms. The van der Waals surface area contributed by atoms with E-state index in [1.54, 1.807) is 0 Å². The van der Waals surface area contributed by atoms with Gasteiger partial charge < -0.3 is 10.6 Å². The molecule has 2 N–H and O–H groups in total. The van der Waals surface area contributed by atoms with Gasteiger partial charge in [-0.25, -0.2) is 0 Å². The predicted molar refractivity (Wildman–Crippen MR) is 71.3 cm³/mol. The molecule has 0 aliphatic heterocycles.